The van der Waals surface area contributed by atoms with Crippen LogP contribution in [0.1, 0.15) is 103 Å². The highest BCUT2D eigenvalue weighted by molar-refractivity contribution is 6.15. The van der Waals surface area contributed by atoms with Gasteiger partial charge in [0.15, 0.2) is 5.78 Å². The number of pyridine rings is 1. The minimum atomic E-state index is -0.187. The highest BCUT2D eigenvalue weighted by Crippen LogP contribution is 2.31. The molecule has 0 bridgehead atoms. The molecule has 1 N–H and O–H groups in total. The van der Waals surface area contributed by atoms with E-state index in [1.807, 2.05) is 62.5 Å². The van der Waals surface area contributed by atoms with Gasteiger partial charge in [-0.05, 0) is 103 Å². The molecule has 250 valence electrons. The number of nitrogens with zero attached hydrogens (tertiary/aromatic N) is 1. The number of anilines is 1. The zero-order valence-electron chi connectivity index (χ0n) is 29.4. The van der Waals surface area contributed by atoms with Crippen LogP contribution in [-0.2, 0) is 28.8 Å². The molecule has 0 aliphatic heterocycles. The topological polar surface area (TPSA) is 59.8 Å². The third-order valence-electron chi connectivity index (χ3n) is 8.89. The second-order valence-corrected chi connectivity index (χ2v) is 13.7. The first-order valence-electron chi connectivity index (χ1n) is 17.5. The number of hydrogen-bond acceptors (Lipinski definition) is 4. The molecule has 0 fully saturated rings. The number of aromatic nitrogens is 1. The summed E-state index contributed by atoms with van der Waals surface area (Å²) in [7, 11) is 0. The van der Waals surface area contributed by atoms with Crippen molar-refractivity contribution >= 4 is 23.0 Å². The van der Waals surface area contributed by atoms with E-state index in [4.69, 9.17) is 4.74 Å². The molecule has 0 amide bonds. The van der Waals surface area contributed by atoms with E-state index < -0.39 is 0 Å². The van der Waals surface area contributed by atoms with E-state index in [1.54, 1.807) is 0 Å². The van der Waals surface area contributed by atoms with Crippen molar-refractivity contribution in [3.63, 3.8) is 0 Å². The highest BCUT2D eigenvalue weighted by Gasteiger charge is 2.23. The summed E-state index contributed by atoms with van der Waals surface area (Å²) in [6, 6.07) is 31.6. The summed E-state index contributed by atoms with van der Waals surface area (Å²) in [6.45, 7) is 13.2. The molecule has 5 nitrogen and oxygen atoms in total. The Hall–Kier alpha value is -4.64. The fraction of sp³-hybridized carbons (Fsp3) is 0.349. The molecule has 48 heavy (non-hydrogen) atoms. The molecular formula is C43H50N2O3. The quantitative estimate of drug-likeness (QED) is 0.0912. The van der Waals surface area contributed by atoms with Gasteiger partial charge in [-0.1, -0.05) is 94.4 Å². The molecule has 2 heterocycles. The van der Waals surface area contributed by atoms with Crippen molar-refractivity contribution in [2.24, 2.45) is 11.8 Å². The van der Waals surface area contributed by atoms with Gasteiger partial charge in [-0.25, -0.2) is 0 Å². The molecule has 0 spiro atoms. The van der Waals surface area contributed by atoms with Crippen molar-refractivity contribution in [3.8, 4) is 0 Å². The summed E-state index contributed by atoms with van der Waals surface area (Å²) in [4.78, 5) is 26.3. The van der Waals surface area contributed by atoms with Crippen LogP contribution >= 0.6 is 0 Å². The molecule has 0 saturated carbocycles. The average Bonchev–Trinajstić information content (AvgIpc) is 3.34. The van der Waals surface area contributed by atoms with Crippen molar-refractivity contribution in [1.29, 1.82) is 0 Å². The molecular weight excluding hydrogens is 592 g/mol. The molecule has 5 heteroatoms. The first kappa shape index (κ1) is 34.7. The van der Waals surface area contributed by atoms with Crippen molar-refractivity contribution in [3.05, 3.63) is 142 Å². The summed E-state index contributed by atoms with van der Waals surface area (Å²) in [6.07, 6.45) is 5.79. The Kier molecular flexibility index (Phi) is 11.5. The largest absolute Gasteiger partial charge is 0.466 e. The molecule has 5 aromatic rings. The molecule has 2 aromatic heterocycles. The number of rotatable bonds is 15. The third-order valence-corrected chi connectivity index (χ3v) is 8.89. The van der Waals surface area contributed by atoms with Crippen LogP contribution in [0.5, 0.6) is 0 Å². The number of carbonyl (C=O) groups is 2. The molecule has 0 saturated heterocycles. The number of hydrogen-bond donors (Lipinski definition) is 1. The number of ketones is 1. The van der Waals surface area contributed by atoms with Crippen molar-refractivity contribution in [1.82, 2.24) is 4.40 Å². The molecule has 0 radical (unpaired) electrons. The normalized spacial score (nSPS) is 11.5. The maximum absolute atomic E-state index is 14.3. The molecule has 5 rings (SSSR count). The first-order chi connectivity index (χ1) is 23.1. The summed E-state index contributed by atoms with van der Waals surface area (Å²) in [5.41, 5.74) is 10.1. The molecule has 0 unspecified atom stereocenters. The van der Waals surface area contributed by atoms with Crippen LogP contribution < -0.4 is 5.32 Å². The second-order valence-electron chi connectivity index (χ2n) is 13.7. The van der Waals surface area contributed by atoms with Crippen LogP contribution in [0.4, 0.5) is 5.69 Å². The Balaban J connectivity index is 1.45. The lowest BCUT2D eigenvalue weighted by Crippen LogP contribution is -2.13. The van der Waals surface area contributed by atoms with Crippen molar-refractivity contribution in [2.45, 2.75) is 79.7 Å². The third kappa shape index (κ3) is 8.44. The molecule has 3 aromatic carbocycles. The minimum absolute atomic E-state index is 0.0101. The highest BCUT2D eigenvalue weighted by atomic mass is 16.5. The maximum Gasteiger partial charge on any atom is 0.305 e. The zero-order valence-corrected chi connectivity index (χ0v) is 29.4. The van der Waals surface area contributed by atoms with Crippen molar-refractivity contribution in [2.75, 3.05) is 11.9 Å². The van der Waals surface area contributed by atoms with Crippen LogP contribution in [0.15, 0.2) is 97.2 Å². The first-order valence-corrected chi connectivity index (χ1v) is 17.5. The lowest BCUT2D eigenvalue weighted by atomic mass is 9.93. The number of nitrogens with one attached hydrogen (secondary N) is 1. The van der Waals surface area contributed by atoms with Gasteiger partial charge in [-0.15, -0.1) is 0 Å². The molecule has 0 aliphatic carbocycles. The van der Waals surface area contributed by atoms with Gasteiger partial charge >= 0.3 is 5.97 Å². The monoisotopic (exact) mass is 642 g/mol. The summed E-state index contributed by atoms with van der Waals surface area (Å²) in [5, 5.41) is 3.78. The predicted molar refractivity (Wildman–Crippen MR) is 197 cm³/mol. The van der Waals surface area contributed by atoms with Gasteiger partial charge in [-0.3, -0.25) is 9.59 Å². The minimum Gasteiger partial charge on any atom is -0.466 e. The van der Waals surface area contributed by atoms with E-state index in [2.05, 4.69) is 85.9 Å². The SMILES string of the molecule is CCOC(=O)CCCc1c(C)c(C(=O)c2cccc(NC(c3ccc(CC(C)C)cc3)c3ccc(CC(C)C)cc3)c2)c2ccccn12. The fourth-order valence-electron chi connectivity index (χ4n) is 6.68. The van der Waals surface area contributed by atoms with E-state index in [-0.39, 0.29) is 17.8 Å². The maximum atomic E-state index is 14.3. The van der Waals surface area contributed by atoms with Gasteiger partial charge in [0, 0.05) is 29.6 Å². The van der Waals surface area contributed by atoms with Crippen LogP contribution in [-0.4, -0.2) is 22.8 Å². The van der Waals surface area contributed by atoms with Crippen LogP contribution in [0, 0.1) is 18.8 Å². The fourth-order valence-corrected chi connectivity index (χ4v) is 6.68. The van der Waals surface area contributed by atoms with E-state index in [0.717, 1.165) is 35.3 Å². The van der Waals surface area contributed by atoms with E-state index in [0.29, 0.717) is 48.8 Å². The second kappa shape index (κ2) is 16.0. The Bertz CT molecular complexity index is 1780. The average molecular weight is 643 g/mol. The van der Waals surface area contributed by atoms with Gasteiger partial charge < -0.3 is 14.5 Å². The van der Waals surface area contributed by atoms with Gasteiger partial charge in [0.1, 0.15) is 0 Å². The Labute approximate surface area is 286 Å². The number of esters is 1. The zero-order chi connectivity index (χ0) is 34.2. The van der Waals surface area contributed by atoms with Gasteiger partial charge in [0.25, 0.3) is 0 Å². The van der Waals surface area contributed by atoms with E-state index in [9.17, 15) is 9.59 Å². The van der Waals surface area contributed by atoms with Gasteiger partial charge in [0.2, 0.25) is 0 Å². The van der Waals surface area contributed by atoms with Gasteiger partial charge in [0.05, 0.1) is 23.7 Å². The number of ether oxygens (including phenoxy) is 1. The lowest BCUT2D eigenvalue weighted by molar-refractivity contribution is -0.143. The number of carbonyl (C=O) groups excluding carboxylic acids is 2. The van der Waals surface area contributed by atoms with Crippen molar-refractivity contribution < 1.29 is 14.3 Å². The Morgan fingerprint density at radius 2 is 1.42 bits per heavy atom. The summed E-state index contributed by atoms with van der Waals surface area (Å²) >= 11 is 0. The smallest absolute Gasteiger partial charge is 0.305 e. The van der Waals surface area contributed by atoms with Crippen LogP contribution in [0.2, 0.25) is 0 Å². The number of aryl methyl sites for hydroxylation is 1. The predicted octanol–water partition coefficient (Wildman–Crippen LogP) is 9.96. The lowest BCUT2D eigenvalue weighted by Gasteiger charge is -2.22. The van der Waals surface area contributed by atoms with Gasteiger partial charge in [-0.2, -0.15) is 0 Å². The van der Waals surface area contributed by atoms with Crippen LogP contribution in [0.3, 0.4) is 0 Å². The molecule has 0 atom stereocenters. The standard InChI is InChI=1S/C43H50N2O3/c1-7-48-40(46)16-11-15-38-31(6)41(39-14-8-9-25-45(38)39)43(47)36-12-10-13-37(28-36)44-42(34-21-17-32(18-22-34)26-29(2)3)35-23-19-33(20-24-35)27-30(4)5/h8-10,12-14,17-25,28-30,42,44H,7,11,15-16,26-27H2,1-6H3. The number of benzene rings is 3. The van der Waals surface area contributed by atoms with E-state index >= 15 is 0 Å². The Morgan fingerprint density at radius 3 is 2.00 bits per heavy atom. The number of fused-ring (bicyclic) bond motifs is 1. The summed E-state index contributed by atoms with van der Waals surface area (Å²) < 4.78 is 7.22. The van der Waals surface area contributed by atoms with Crippen LogP contribution in [0.25, 0.3) is 5.52 Å². The Morgan fingerprint density at radius 1 is 0.792 bits per heavy atom. The summed E-state index contributed by atoms with van der Waals surface area (Å²) in [5.74, 6) is 0.999. The van der Waals surface area contributed by atoms with E-state index in [1.165, 1.54) is 22.3 Å². The molecule has 0 aliphatic rings.